The van der Waals surface area contributed by atoms with Crippen LogP contribution in [0.1, 0.15) is 36.9 Å². The highest BCUT2D eigenvalue weighted by Gasteiger charge is 2.12. The molecule has 0 radical (unpaired) electrons. The molecule has 0 aliphatic carbocycles. The van der Waals surface area contributed by atoms with Gasteiger partial charge in [-0.15, -0.1) is 24.0 Å². The first-order chi connectivity index (χ1) is 11.6. The minimum atomic E-state index is 0. The van der Waals surface area contributed by atoms with E-state index < -0.39 is 0 Å². The van der Waals surface area contributed by atoms with Crippen molar-refractivity contribution in [1.82, 2.24) is 19.7 Å². The van der Waals surface area contributed by atoms with Crippen LogP contribution in [0.25, 0.3) is 5.82 Å². The lowest BCUT2D eigenvalue weighted by Crippen LogP contribution is -2.38. The van der Waals surface area contributed by atoms with Crippen molar-refractivity contribution in [3.05, 3.63) is 40.8 Å². The van der Waals surface area contributed by atoms with Gasteiger partial charge in [0.2, 0.25) is 0 Å². The summed E-state index contributed by atoms with van der Waals surface area (Å²) in [6.45, 7) is 4.40. The molecule has 1 aliphatic rings. The number of aryl methyl sites for hydroxylation is 1. The van der Waals surface area contributed by atoms with E-state index >= 15 is 0 Å². The summed E-state index contributed by atoms with van der Waals surface area (Å²) in [7, 11) is 0. The van der Waals surface area contributed by atoms with Crippen LogP contribution >= 0.6 is 35.6 Å². The molecule has 0 atom stereocenters. The highest BCUT2D eigenvalue weighted by Crippen LogP contribution is 2.17. The number of nitrogens with zero attached hydrogens (tertiary/aromatic N) is 5. The SMILES string of the molecule is Cc1ccc(CN=C(N)N2CCCCCC2)c(-n2cc(Cl)cn2)n1.I. The number of aromatic nitrogens is 3. The van der Waals surface area contributed by atoms with E-state index in [4.69, 9.17) is 17.3 Å². The maximum atomic E-state index is 6.20. The fourth-order valence-electron chi connectivity index (χ4n) is 2.88. The number of aliphatic imine (C=N–C) groups is 1. The minimum absolute atomic E-state index is 0. The van der Waals surface area contributed by atoms with Crippen LogP contribution in [0.15, 0.2) is 29.5 Å². The quantitative estimate of drug-likeness (QED) is 0.420. The molecule has 0 bridgehead atoms. The summed E-state index contributed by atoms with van der Waals surface area (Å²) in [5.41, 5.74) is 8.09. The summed E-state index contributed by atoms with van der Waals surface area (Å²) in [5, 5.41) is 4.83. The Morgan fingerprint density at radius 2 is 1.96 bits per heavy atom. The Labute approximate surface area is 170 Å². The Morgan fingerprint density at radius 3 is 2.60 bits per heavy atom. The first-order valence-electron chi connectivity index (χ1n) is 8.35. The fourth-order valence-corrected chi connectivity index (χ4v) is 3.01. The number of hydrogen-bond donors (Lipinski definition) is 1. The molecule has 25 heavy (non-hydrogen) atoms. The maximum absolute atomic E-state index is 6.20. The Morgan fingerprint density at radius 1 is 1.24 bits per heavy atom. The van der Waals surface area contributed by atoms with Crippen LogP contribution in [0.3, 0.4) is 0 Å². The van der Waals surface area contributed by atoms with E-state index in [-0.39, 0.29) is 24.0 Å². The zero-order chi connectivity index (χ0) is 16.9. The van der Waals surface area contributed by atoms with Crippen molar-refractivity contribution < 1.29 is 0 Å². The number of guanidine groups is 1. The lowest BCUT2D eigenvalue weighted by molar-refractivity contribution is 0.428. The molecule has 3 heterocycles. The predicted octanol–water partition coefficient (Wildman–Crippen LogP) is 3.54. The average Bonchev–Trinajstić information content (AvgIpc) is 2.84. The highest BCUT2D eigenvalue weighted by atomic mass is 127. The van der Waals surface area contributed by atoms with Crippen molar-refractivity contribution in [2.45, 2.75) is 39.2 Å². The zero-order valence-electron chi connectivity index (χ0n) is 14.4. The first-order valence-corrected chi connectivity index (χ1v) is 8.73. The number of hydrogen-bond acceptors (Lipinski definition) is 3. The van der Waals surface area contributed by atoms with Gasteiger partial charge in [0.05, 0.1) is 24.0 Å². The van der Waals surface area contributed by atoms with Gasteiger partial charge < -0.3 is 10.6 Å². The molecule has 6 nitrogen and oxygen atoms in total. The second-order valence-electron chi connectivity index (χ2n) is 6.11. The van der Waals surface area contributed by atoms with Crippen molar-refractivity contribution in [1.29, 1.82) is 0 Å². The van der Waals surface area contributed by atoms with Crippen LogP contribution in [0.5, 0.6) is 0 Å². The molecular formula is C17H24ClIN6. The number of rotatable bonds is 3. The molecule has 2 N–H and O–H groups in total. The number of halogens is 2. The standard InChI is InChI=1S/C17H23ClN6.HI/c1-13-6-7-14(16(22-13)24-12-15(18)11-21-24)10-20-17(19)23-8-4-2-3-5-9-23;/h6-7,11-12H,2-5,8-10H2,1H3,(H2,19,20);1H. The molecule has 136 valence electrons. The smallest absolute Gasteiger partial charge is 0.191 e. The van der Waals surface area contributed by atoms with Crippen molar-refractivity contribution in [3.63, 3.8) is 0 Å². The van der Waals surface area contributed by atoms with Crippen LogP contribution in [-0.2, 0) is 6.54 Å². The van der Waals surface area contributed by atoms with Gasteiger partial charge in [-0.25, -0.2) is 14.7 Å². The molecule has 8 heteroatoms. The van der Waals surface area contributed by atoms with Crippen LogP contribution in [0.2, 0.25) is 5.02 Å². The Hall–Kier alpha value is -1.35. The van der Waals surface area contributed by atoms with E-state index in [9.17, 15) is 0 Å². The molecular weight excluding hydrogens is 451 g/mol. The summed E-state index contributed by atoms with van der Waals surface area (Å²) < 4.78 is 1.68. The molecule has 2 aromatic heterocycles. The van der Waals surface area contributed by atoms with Gasteiger partial charge in [-0.3, -0.25) is 0 Å². The van der Waals surface area contributed by atoms with Gasteiger partial charge >= 0.3 is 0 Å². The second-order valence-corrected chi connectivity index (χ2v) is 6.55. The summed E-state index contributed by atoms with van der Waals surface area (Å²) in [6.07, 6.45) is 8.25. The normalized spacial score (nSPS) is 15.6. The van der Waals surface area contributed by atoms with Crippen LogP contribution in [0, 0.1) is 6.92 Å². The third-order valence-electron chi connectivity index (χ3n) is 4.20. The number of pyridine rings is 1. The molecule has 1 saturated heterocycles. The number of likely N-dealkylation sites (tertiary alicyclic amines) is 1. The van der Waals surface area contributed by atoms with Crippen LogP contribution < -0.4 is 5.73 Å². The Bertz CT molecular complexity index is 722. The molecule has 0 saturated carbocycles. The van der Waals surface area contributed by atoms with Crippen LogP contribution in [-0.4, -0.2) is 38.7 Å². The summed E-state index contributed by atoms with van der Waals surface area (Å²) in [6, 6.07) is 3.99. The Kier molecular flexibility index (Phi) is 7.49. The van der Waals surface area contributed by atoms with Crippen molar-refractivity contribution in [2.75, 3.05) is 13.1 Å². The molecule has 0 spiro atoms. The van der Waals surface area contributed by atoms with E-state index in [0.717, 1.165) is 30.2 Å². The lowest BCUT2D eigenvalue weighted by Gasteiger charge is -2.21. The third-order valence-corrected chi connectivity index (χ3v) is 4.40. The lowest BCUT2D eigenvalue weighted by atomic mass is 10.2. The van der Waals surface area contributed by atoms with Gasteiger partial charge in [-0.1, -0.05) is 30.5 Å². The second kappa shape index (κ2) is 9.38. The first kappa shape index (κ1) is 20.0. The molecule has 3 rings (SSSR count). The van der Waals surface area contributed by atoms with E-state index in [2.05, 4.69) is 20.0 Å². The largest absolute Gasteiger partial charge is 0.370 e. The monoisotopic (exact) mass is 474 g/mol. The average molecular weight is 475 g/mol. The summed E-state index contributed by atoms with van der Waals surface area (Å²) in [5.74, 6) is 1.36. The maximum Gasteiger partial charge on any atom is 0.191 e. The van der Waals surface area contributed by atoms with Crippen molar-refractivity contribution in [3.8, 4) is 5.82 Å². The molecule has 0 amide bonds. The van der Waals surface area contributed by atoms with Gasteiger partial charge in [0.15, 0.2) is 11.8 Å². The topological polar surface area (TPSA) is 72.3 Å². The number of nitrogens with two attached hydrogens (primary N) is 1. The van der Waals surface area contributed by atoms with Gasteiger partial charge in [0.1, 0.15) is 0 Å². The fraction of sp³-hybridized carbons (Fsp3) is 0.471. The summed E-state index contributed by atoms with van der Waals surface area (Å²) in [4.78, 5) is 11.3. The van der Waals surface area contributed by atoms with E-state index in [0.29, 0.717) is 17.5 Å². The molecule has 1 aliphatic heterocycles. The third kappa shape index (κ3) is 5.31. The predicted molar refractivity (Wildman–Crippen MR) is 112 cm³/mol. The van der Waals surface area contributed by atoms with Gasteiger partial charge in [0.25, 0.3) is 0 Å². The van der Waals surface area contributed by atoms with Crippen molar-refractivity contribution >= 4 is 41.5 Å². The Balaban J connectivity index is 0.00000225. The van der Waals surface area contributed by atoms with Crippen LogP contribution in [0.4, 0.5) is 0 Å². The molecule has 2 aromatic rings. The zero-order valence-corrected chi connectivity index (χ0v) is 17.4. The van der Waals surface area contributed by atoms with Crippen molar-refractivity contribution in [2.24, 2.45) is 10.7 Å². The van der Waals surface area contributed by atoms with Gasteiger partial charge in [-0.2, -0.15) is 5.10 Å². The molecule has 0 aromatic carbocycles. The van der Waals surface area contributed by atoms with E-state index in [1.54, 1.807) is 17.1 Å². The molecule has 0 unspecified atom stereocenters. The van der Waals surface area contributed by atoms with Gasteiger partial charge in [-0.05, 0) is 25.8 Å². The minimum Gasteiger partial charge on any atom is -0.370 e. The summed E-state index contributed by atoms with van der Waals surface area (Å²) >= 11 is 5.98. The highest BCUT2D eigenvalue weighted by molar-refractivity contribution is 14.0. The molecule has 1 fully saturated rings. The van der Waals surface area contributed by atoms with E-state index in [1.807, 2.05) is 19.1 Å². The van der Waals surface area contributed by atoms with E-state index in [1.165, 1.54) is 25.7 Å². The van der Waals surface area contributed by atoms with Gasteiger partial charge in [0, 0.05) is 24.3 Å².